The lowest BCUT2D eigenvalue weighted by atomic mass is 10.0. The molecule has 4 rings (SSSR count). The van der Waals surface area contributed by atoms with Crippen molar-refractivity contribution in [2.24, 2.45) is 0 Å². The number of ether oxygens (including phenoxy) is 1. The molecule has 1 atom stereocenters. The summed E-state index contributed by atoms with van der Waals surface area (Å²) in [6, 6.07) is 22.3. The summed E-state index contributed by atoms with van der Waals surface area (Å²) in [5, 5.41) is 2.60. The van der Waals surface area contributed by atoms with Gasteiger partial charge in [-0.25, -0.2) is 17.9 Å². The number of hydrogen-bond donors (Lipinski definition) is 2. The maximum atomic E-state index is 13.7. The van der Waals surface area contributed by atoms with Gasteiger partial charge in [-0.1, -0.05) is 42.5 Å². The zero-order chi connectivity index (χ0) is 28.7. The SMILES string of the molecule is CCN(C(=O)C(Cc1ccccc1)NC(=O)NS(=O)(=O)c1cccc(-c2ccco2)c1C)c1ccc(OC)cc1. The molecule has 0 radical (unpaired) electrons. The van der Waals surface area contributed by atoms with Crippen LogP contribution in [0.4, 0.5) is 10.5 Å². The number of nitrogens with zero attached hydrogens (tertiary/aromatic N) is 1. The summed E-state index contributed by atoms with van der Waals surface area (Å²) in [6.07, 6.45) is 1.66. The molecule has 4 aromatic rings. The van der Waals surface area contributed by atoms with Crippen molar-refractivity contribution in [3.63, 3.8) is 0 Å². The van der Waals surface area contributed by atoms with E-state index in [0.717, 1.165) is 5.56 Å². The third kappa shape index (κ3) is 6.52. The highest BCUT2D eigenvalue weighted by Crippen LogP contribution is 2.28. The Morgan fingerprint density at radius 3 is 2.30 bits per heavy atom. The predicted molar refractivity (Wildman–Crippen MR) is 153 cm³/mol. The van der Waals surface area contributed by atoms with Gasteiger partial charge in [-0.3, -0.25) is 4.79 Å². The standard InChI is InChI=1S/C30H31N3O6S/c1-4-33(23-15-17-24(38-3)18-16-23)29(34)26(20-22-10-6-5-7-11-22)31-30(35)32-40(36,37)28-14-8-12-25(21(28)2)27-13-9-19-39-27/h5-19,26H,4,20H2,1-3H3,(H2,31,32,35). The average Bonchev–Trinajstić information content (AvgIpc) is 3.48. The Kier molecular flexibility index (Phi) is 8.90. The number of amides is 3. The van der Waals surface area contributed by atoms with Crippen molar-refractivity contribution in [3.05, 3.63) is 102 Å². The van der Waals surface area contributed by atoms with Gasteiger partial charge in [0.1, 0.15) is 17.6 Å². The van der Waals surface area contributed by atoms with E-state index in [0.29, 0.717) is 34.9 Å². The van der Waals surface area contributed by atoms with Crippen molar-refractivity contribution in [3.8, 4) is 17.1 Å². The van der Waals surface area contributed by atoms with Crippen LogP contribution < -0.4 is 19.7 Å². The molecule has 40 heavy (non-hydrogen) atoms. The van der Waals surface area contributed by atoms with Crippen molar-refractivity contribution < 1.29 is 27.2 Å². The summed E-state index contributed by atoms with van der Waals surface area (Å²) in [5.74, 6) is 0.757. The molecule has 0 saturated heterocycles. The molecule has 0 aliphatic heterocycles. The lowest BCUT2D eigenvalue weighted by Gasteiger charge is -2.27. The first-order valence-corrected chi connectivity index (χ1v) is 14.2. The van der Waals surface area contributed by atoms with E-state index in [-0.39, 0.29) is 17.2 Å². The maximum absolute atomic E-state index is 13.7. The molecule has 0 fully saturated rings. The highest BCUT2D eigenvalue weighted by Gasteiger charge is 2.29. The van der Waals surface area contributed by atoms with E-state index in [9.17, 15) is 18.0 Å². The fourth-order valence-electron chi connectivity index (χ4n) is 4.43. The minimum Gasteiger partial charge on any atom is -0.497 e. The Balaban J connectivity index is 1.58. The van der Waals surface area contributed by atoms with E-state index in [1.54, 1.807) is 62.6 Å². The average molecular weight is 562 g/mol. The molecule has 0 saturated carbocycles. The number of sulfonamides is 1. The molecule has 208 valence electrons. The fourth-order valence-corrected chi connectivity index (χ4v) is 5.62. The molecule has 3 amide bonds. The van der Waals surface area contributed by atoms with Gasteiger partial charge >= 0.3 is 6.03 Å². The number of anilines is 1. The number of methoxy groups -OCH3 is 1. The molecule has 0 bridgehead atoms. The predicted octanol–water partition coefficient (Wildman–Crippen LogP) is 4.92. The van der Waals surface area contributed by atoms with Crippen LogP contribution in [0, 0.1) is 6.92 Å². The fraction of sp³-hybridized carbons (Fsp3) is 0.200. The monoisotopic (exact) mass is 561 g/mol. The summed E-state index contributed by atoms with van der Waals surface area (Å²) < 4.78 is 39.2. The third-order valence-corrected chi connectivity index (χ3v) is 7.92. The molecule has 9 nitrogen and oxygen atoms in total. The molecule has 1 heterocycles. The molecule has 2 N–H and O–H groups in total. The minimum atomic E-state index is -4.28. The Morgan fingerprint density at radius 1 is 0.950 bits per heavy atom. The number of urea groups is 1. The van der Waals surface area contributed by atoms with E-state index < -0.39 is 22.1 Å². The van der Waals surface area contributed by atoms with Gasteiger partial charge in [0.05, 0.1) is 18.3 Å². The summed E-state index contributed by atoms with van der Waals surface area (Å²) in [5.41, 5.74) is 2.43. The minimum absolute atomic E-state index is 0.0732. The van der Waals surface area contributed by atoms with Crippen molar-refractivity contribution in [2.45, 2.75) is 31.2 Å². The second-order valence-electron chi connectivity index (χ2n) is 9.01. The van der Waals surface area contributed by atoms with Crippen molar-refractivity contribution in [2.75, 3.05) is 18.6 Å². The van der Waals surface area contributed by atoms with Gasteiger partial charge in [-0.15, -0.1) is 0 Å². The normalized spacial score (nSPS) is 11.9. The van der Waals surface area contributed by atoms with Crippen LogP contribution in [0.5, 0.6) is 5.75 Å². The van der Waals surface area contributed by atoms with Crippen LogP contribution in [0.1, 0.15) is 18.1 Å². The molecule has 0 spiro atoms. The van der Waals surface area contributed by atoms with Gasteiger partial charge in [-0.2, -0.15) is 0 Å². The number of rotatable bonds is 10. The van der Waals surface area contributed by atoms with Crippen LogP contribution in [0.2, 0.25) is 0 Å². The number of furan rings is 1. The number of nitrogens with one attached hydrogen (secondary N) is 2. The molecule has 1 aromatic heterocycles. The Bertz CT molecular complexity index is 1550. The lowest BCUT2D eigenvalue weighted by Crippen LogP contribution is -2.53. The zero-order valence-corrected chi connectivity index (χ0v) is 23.3. The molecule has 0 aliphatic carbocycles. The van der Waals surface area contributed by atoms with Crippen LogP contribution in [0.3, 0.4) is 0 Å². The summed E-state index contributed by atoms with van der Waals surface area (Å²) in [7, 11) is -2.72. The first-order valence-electron chi connectivity index (χ1n) is 12.7. The highest BCUT2D eigenvalue weighted by atomic mass is 32.2. The molecule has 3 aromatic carbocycles. The smallest absolute Gasteiger partial charge is 0.329 e. The van der Waals surface area contributed by atoms with Gasteiger partial charge in [-0.05, 0) is 67.4 Å². The Labute approximate surface area is 233 Å². The quantitative estimate of drug-likeness (QED) is 0.284. The van der Waals surface area contributed by atoms with Crippen LogP contribution in [0.15, 0.2) is 101 Å². The Hall–Kier alpha value is -4.57. The number of carbonyl (C=O) groups is 2. The highest BCUT2D eigenvalue weighted by molar-refractivity contribution is 7.90. The van der Waals surface area contributed by atoms with E-state index in [1.807, 2.05) is 37.3 Å². The van der Waals surface area contributed by atoms with Gasteiger partial charge in [0.25, 0.3) is 10.0 Å². The number of benzene rings is 3. The second kappa shape index (κ2) is 12.5. The van der Waals surface area contributed by atoms with Gasteiger partial charge in [0.15, 0.2) is 0 Å². The van der Waals surface area contributed by atoms with Crippen LogP contribution in [0.25, 0.3) is 11.3 Å². The summed E-state index contributed by atoms with van der Waals surface area (Å²) in [4.78, 5) is 28.3. The van der Waals surface area contributed by atoms with E-state index in [4.69, 9.17) is 9.15 Å². The van der Waals surface area contributed by atoms with Gasteiger partial charge in [0.2, 0.25) is 5.91 Å². The van der Waals surface area contributed by atoms with Crippen LogP contribution in [-0.4, -0.2) is 40.1 Å². The molecule has 0 aliphatic rings. The number of hydrogen-bond acceptors (Lipinski definition) is 6. The van der Waals surface area contributed by atoms with E-state index in [2.05, 4.69) is 10.0 Å². The maximum Gasteiger partial charge on any atom is 0.329 e. The molecule has 1 unspecified atom stereocenters. The first-order chi connectivity index (χ1) is 19.2. The topological polar surface area (TPSA) is 118 Å². The number of carbonyl (C=O) groups excluding carboxylic acids is 2. The van der Waals surface area contributed by atoms with Gasteiger partial charge < -0.3 is 19.4 Å². The van der Waals surface area contributed by atoms with E-state index in [1.165, 1.54) is 17.2 Å². The first kappa shape index (κ1) is 28.4. The Morgan fingerprint density at radius 2 is 1.68 bits per heavy atom. The van der Waals surface area contributed by atoms with Gasteiger partial charge in [0, 0.05) is 24.2 Å². The third-order valence-electron chi connectivity index (χ3n) is 6.44. The van der Waals surface area contributed by atoms with Crippen molar-refractivity contribution in [1.29, 1.82) is 0 Å². The van der Waals surface area contributed by atoms with Crippen molar-refractivity contribution >= 4 is 27.6 Å². The van der Waals surface area contributed by atoms with E-state index >= 15 is 0 Å². The van der Waals surface area contributed by atoms with Crippen molar-refractivity contribution in [1.82, 2.24) is 10.0 Å². The zero-order valence-electron chi connectivity index (χ0n) is 22.5. The second-order valence-corrected chi connectivity index (χ2v) is 10.7. The molecule has 10 heteroatoms. The summed E-state index contributed by atoms with van der Waals surface area (Å²) >= 11 is 0. The molecular formula is C30H31N3O6S. The lowest BCUT2D eigenvalue weighted by molar-refractivity contribution is -0.120. The largest absolute Gasteiger partial charge is 0.497 e. The molecular weight excluding hydrogens is 530 g/mol. The van der Waals surface area contributed by atoms with Crippen LogP contribution >= 0.6 is 0 Å². The summed E-state index contributed by atoms with van der Waals surface area (Å²) in [6.45, 7) is 3.79. The number of likely N-dealkylation sites (N-methyl/N-ethyl adjacent to an activating group) is 1. The van der Waals surface area contributed by atoms with Crippen LogP contribution in [-0.2, 0) is 21.2 Å².